The molecule has 0 spiro atoms. The first-order valence-electron chi connectivity index (χ1n) is 6.22. The number of carbonyl (C=O) groups excluding carboxylic acids is 2. The van der Waals surface area contributed by atoms with Crippen LogP contribution in [0.3, 0.4) is 0 Å². The van der Waals surface area contributed by atoms with Crippen molar-refractivity contribution >= 4 is 11.9 Å². The van der Waals surface area contributed by atoms with E-state index in [0.29, 0.717) is 5.56 Å². The van der Waals surface area contributed by atoms with E-state index in [0.717, 1.165) is 17.1 Å². The van der Waals surface area contributed by atoms with Gasteiger partial charge >= 0.3 is 0 Å². The highest BCUT2D eigenvalue weighted by molar-refractivity contribution is 5.95. The van der Waals surface area contributed by atoms with E-state index < -0.39 is 18.4 Å². The van der Waals surface area contributed by atoms with Gasteiger partial charge in [0.15, 0.2) is 0 Å². The Morgan fingerprint density at radius 1 is 1.05 bits per heavy atom. The number of benzene rings is 1. The van der Waals surface area contributed by atoms with E-state index >= 15 is 0 Å². The average Bonchev–Trinajstić information content (AvgIpc) is 2.76. The van der Waals surface area contributed by atoms with Crippen LogP contribution in [0.2, 0.25) is 0 Å². The SMILES string of the molecule is Cc1ccc(C)n1-c1ccc(C(=O)NCC(=O)[O-])cc1. The van der Waals surface area contributed by atoms with Gasteiger partial charge in [-0.2, -0.15) is 0 Å². The topological polar surface area (TPSA) is 74.2 Å². The number of amides is 1. The highest BCUT2D eigenvalue weighted by atomic mass is 16.4. The van der Waals surface area contributed by atoms with Crippen molar-refractivity contribution < 1.29 is 14.7 Å². The Balaban J connectivity index is 2.18. The third kappa shape index (κ3) is 2.88. The zero-order valence-electron chi connectivity index (χ0n) is 11.3. The van der Waals surface area contributed by atoms with E-state index in [4.69, 9.17) is 0 Å². The molecule has 1 aromatic carbocycles. The monoisotopic (exact) mass is 271 g/mol. The second-order valence-corrected chi connectivity index (χ2v) is 4.55. The predicted octanol–water partition coefficient (Wildman–Crippen LogP) is 0.574. The Morgan fingerprint density at radius 3 is 2.10 bits per heavy atom. The fourth-order valence-electron chi connectivity index (χ4n) is 2.09. The molecule has 0 saturated carbocycles. The van der Waals surface area contributed by atoms with Crippen molar-refractivity contribution in [1.82, 2.24) is 9.88 Å². The standard InChI is InChI=1S/C15H16N2O3/c1-10-3-4-11(2)17(10)13-7-5-12(6-8-13)15(20)16-9-14(18)19/h3-8H,9H2,1-2H3,(H,16,20)(H,18,19)/p-1. The Hall–Kier alpha value is -2.56. The second-order valence-electron chi connectivity index (χ2n) is 4.55. The Kier molecular flexibility index (Phi) is 3.89. The van der Waals surface area contributed by atoms with Gasteiger partial charge < -0.3 is 19.8 Å². The molecule has 0 unspecified atom stereocenters. The highest BCUT2D eigenvalue weighted by Crippen LogP contribution is 2.16. The van der Waals surface area contributed by atoms with Crippen molar-refractivity contribution in [2.75, 3.05) is 6.54 Å². The number of hydrogen-bond acceptors (Lipinski definition) is 3. The third-order valence-corrected chi connectivity index (χ3v) is 3.05. The van der Waals surface area contributed by atoms with Crippen LogP contribution >= 0.6 is 0 Å². The van der Waals surface area contributed by atoms with E-state index in [-0.39, 0.29) is 0 Å². The summed E-state index contributed by atoms with van der Waals surface area (Å²) in [5, 5.41) is 12.6. The molecule has 0 aliphatic heterocycles. The summed E-state index contributed by atoms with van der Waals surface area (Å²) in [5.74, 6) is -1.74. The number of aromatic nitrogens is 1. The van der Waals surface area contributed by atoms with Gasteiger partial charge in [0, 0.05) is 22.6 Å². The van der Waals surface area contributed by atoms with Crippen LogP contribution in [0, 0.1) is 13.8 Å². The Labute approximate surface area is 116 Å². The molecule has 0 fully saturated rings. The molecule has 2 rings (SSSR count). The molecule has 5 heteroatoms. The quantitative estimate of drug-likeness (QED) is 0.883. The molecule has 1 heterocycles. The maximum absolute atomic E-state index is 11.7. The first-order chi connectivity index (χ1) is 9.49. The summed E-state index contributed by atoms with van der Waals surface area (Å²) in [7, 11) is 0. The number of carboxylic acid groups (broad SMARTS) is 1. The van der Waals surface area contributed by atoms with Gasteiger partial charge in [0.1, 0.15) is 0 Å². The van der Waals surface area contributed by atoms with Crippen LogP contribution in [0.15, 0.2) is 36.4 Å². The molecule has 0 aliphatic rings. The number of nitrogens with zero attached hydrogens (tertiary/aromatic N) is 1. The lowest BCUT2D eigenvalue weighted by molar-refractivity contribution is -0.303. The van der Waals surface area contributed by atoms with Gasteiger partial charge in [-0.25, -0.2) is 0 Å². The molecular weight excluding hydrogens is 256 g/mol. The minimum Gasteiger partial charge on any atom is -0.548 e. The van der Waals surface area contributed by atoms with Gasteiger partial charge in [0.05, 0.1) is 12.5 Å². The summed E-state index contributed by atoms with van der Waals surface area (Å²) in [6, 6.07) is 11.0. The highest BCUT2D eigenvalue weighted by Gasteiger charge is 2.07. The maximum atomic E-state index is 11.7. The van der Waals surface area contributed by atoms with Crippen molar-refractivity contribution in [2.24, 2.45) is 0 Å². The van der Waals surface area contributed by atoms with Crippen LogP contribution in [0.5, 0.6) is 0 Å². The average molecular weight is 271 g/mol. The number of aliphatic carboxylic acids is 1. The van der Waals surface area contributed by atoms with E-state index in [1.807, 2.05) is 38.1 Å². The van der Waals surface area contributed by atoms with Crippen LogP contribution in [-0.4, -0.2) is 23.0 Å². The van der Waals surface area contributed by atoms with E-state index in [2.05, 4.69) is 9.88 Å². The smallest absolute Gasteiger partial charge is 0.251 e. The normalized spacial score (nSPS) is 10.3. The summed E-state index contributed by atoms with van der Waals surface area (Å²) in [5.41, 5.74) is 3.59. The molecule has 1 aromatic heterocycles. The van der Waals surface area contributed by atoms with Gasteiger partial charge in [0.2, 0.25) is 0 Å². The summed E-state index contributed by atoms with van der Waals surface area (Å²) in [4.78, 5) is 22.0. The van der Waals surface area contributed by atoms with Crippen LogP contribution in [-0.2, 0) is 4.79 Å². The van der Waals surface area contributed by atoms with Gasteiger partial charge in [-0.1, -0.05) is 0 Å². The van der Waals surface area contributed by atoms with E-state index in [1.165, 1.54) is 0 Å². The molecule has 20 heavy (non-hydrogen) atoms. The fraction of sp³-hybridized carbons (Fsp3) is 0.200. The van der Waals surface area contributed by atoms with Crippen molar-refractivity contribution in [3.8, 4) is 5.69 Å². The molecule has 0 bridgehead atoms. The molecule has 0 aliphatic carbocycles. The van der Waals surface area contributed by atoms with E-state index in [1.54, 1.807) is 12.1 Å². The van der Waals surface area contributed by atoms with Crippen molar-refractivity contribution in [3.63, 3.8) is 0 Å². The van der Waals surface area contributed by atoms with Crippen LogP contribution < -0.4 is 10.4 Å². The number of carboxylic acids is 1. The molecule has 1 N–H and O–H groups in total. The molecule has 0 saturated heterocycles. The summed E-state index contributed by atoms with van der Waals surface area (Å²) < 4.78 is 2.07. The predicted molar refractivity (Wildman–Crippen MR) is 72.6 cm³/mol. The van der Waals surface area contributed by atoms with Gasteiger partial charge in [-0.15, -0.1) is 0 Å². The summed E-state index contributed by atoms with van der Waals surface area (Å²) in [6.07, 6.45) is 0. The summed E-state index contributed by atoms with van der Waals surface area (Å²) in [6.45, 7) is 3.53. The molecule has 5 nitrogen and oxygen atoms in total. The largest absolute Gasteiger partial charge is 0.548 e. The maximum Gasteiger partial charge on any atom is 0.251 e. The lowest BCUT2D eigenvalue weighted by Gasteiger charge is -2.10. The van der Waals surface area contributed by atoms with Crippen molar-refractivity contribution in [1.29, 1.82) is 0 Å². The van der Waals surface area contributed by atoms with Gasteiger partial charge in [-0.3, -0.25) is 4.79 Å². The minimum absolute atomic E-state index is 0.414. The zero-order valence-corrected chi connectivity index (χ0v) is 11.3. The number of hydrogen-bond donors (Lipinski definition) is 1. The molecular formula is C15H15N2O3-. The molecule has 0 radical (unpaired) electrons. The zero-order chi connectivity index (χ0) is 14.7. The Morgan fingerprint density at radius 2 is 1.60 bits per heavy atom. The van der Waals surface area contributed by atoms with Crippen LogP contribution in [0.4, 0.5) is 0 Å². The minimum atomic E-state index is -1.31. The third-order valence-electron chi connectivity index (χ3n) is 3.05. The lowest BCUT2D eigenvalue weighted by atomic mass is 10.2. The van der Waals surface area contributed by atoms with Gasteiger partial charge in [-0.05, 0) is 50.2 Å². The lowest BCUT2D eigenvalue weighted by Crippen LogP contribution is -2.37. The van der Waals surface area contributed by atoms with Crippen molar-refractivity contribution in [3.05, 3.63) is 53.3 Å². The number of rotatable bonds is 4. The van der Waals surface area contributed by atoms with E-state index in [9.17, 15) is 14.7 Å². The second kappa shape index (κ2) is 5.61. The van der Waals surface area contributed by atoms with Gasteiger partial charge in [0.25, 0.3) is 5.91 Å². The molecule has 104 valence electrons. The number of aryl methyl sites for hydroxylation is 2. The fourth-order valence-corrected chi connectivity index (χ4v) is 2.09. The molecule has 0 atom stereocenters. The van der Waals surface area contributed by atoms with Crippen molar-refractivity contribution in [2.45, 2.75) is 13.8 Å². The molecule has 1 amide bonds. The van der Waals surface area contributed by atoms with Crippen LogP contribution in [0.1, 0.15) is 21.7 Å². The number of carbonyl (C=O) groups is 2. The first kappa shape index (κ1) is 13.9. The first-order valence-corrected chi connectivity index (χ1v) is 6.22. The number of nitrogens with one attached hydrogen (secondary N) is 1. The molecule has 2 aromatic rings. The Bertz CT molecular complexity index is 622. The van der Waals surface area contributed by atoms with Crippen LogP contribution in [0.25, 0.3) is 5.69 Å². The summed E-state index contributed by atoms with van der Waals surface area (Å²) >= 11 is 0.